The van der Waals surface area contributed by atoms with Gasteiger partial charge in [-0.05, 0) is 43.0 Å². The fourth-order valence-electron chi connectivity index (χ4n) is 1.34. The van der Waals surface area contributed by atoms with E-state index in [0.717, 1.165) is 11.3 Å². The average Bonchev–Trinajstić information content (AvgIpc) is 2.30. The van der Waals surface area contributed by atoms with Crippen molar-refractivity contribution in [2.75, 3.05) is 17.3 Å². The van der Waals surface area contributed by atoms with E-state index in [0.29, 0.717) is 17.1 Å². The quantitative estimate of drug-likeness (QED) is 0.866. The Hall–Kier alpha value is -0.710. The van der Waals surface area contributed by atoms with Crippen LogP contribution in [0.4, 0.5) is 5.69 Å². The number of halogens is 1. The van der Waals surface area contributed by atoms with Gasteiger partial charge in [0.2, 0.25) is 5.91 Å². The molecule has 0 aliphatic heterocycles. The van der Waals surface area contributed by atoms with Crippen LogP contribution in [-0.4, -0.2) is 24.0 Å². The molecular formula is C12H17ClN2OS. The van der Waals surface area contributed by atoms with Crippen molar-refractivity contribution in [3.8, 4) is 0 Å². The van der Waals surface area contributed by atoms with Gasteiger partial charge < -0.3 is 11.1 Å². The number of nitrogens with one attached hydrogen (secondary N) is 1. The first-order chi connectivity index (χ1) is 8.04. The maximum Gasteiger partial charge on any atom is 0.241 e. The minimum absolute atomic E-state index is 0.188. The molecule has 0 spiro atoms. The van der Waals surface area contributed by atoms with Crippen molar-refractivity contribution in [3.63, 3.8) is 0 Å². The molecule has 0 aromatic heterocycles. The topological polar surface area (TPSA) is 55.1 Å². The van der Waals surface area contributed by atoms with Gasteiger partial charge in [-0.15, -0.1) is 0 Å². The zero-order valence-corrected chi connectivity index (χ0v) is 11.6. The summed E-state index contributed by atoms with van der Waals surface area (Å²) in [6.45, 7) is 1.94. The van der Waals surface area contributed by atoms with Crippen LogP contribution in [0.3, 0.4) is 0 Å². The number of carbonyl (C=O) groups excluding carboxylic acids is 1. The third-order valence-electron chi connectivity index (χ3n) is 2.35. The zero-order chi connectivity index (χ0) is 12.8. The second-order valence-corrected chi connectivity index (χ2v) is 5.25. The highest BCUT2D eigenvalue weighted by atomic mass is 35.5. The molecule has 3 nitrogen and oxygen atoms in total. The van der Waals surface area contributed by atoms with Crippen LogP contribution in [0.2, 0.25) is 5.02 Å². The van der Waals surface area contributed by atoms with Crippen molar-refractivity contribution < 1.29 is 4.79 Å². The summed E-state index contributed by atoms with van der Waals surface area (Å²) in [5.41, 5.74) is 7.44. The Bertz CT molecular complexity index is 398. The van der Waals surface area contributed by atoms with Gasteiger partial charge in [-0.3, -0.25) is 4.79 Å². The molecule has 0 fully saturated rings. The summed E-state index contributed by atoms with van der Waals surface area (Å²) >= 11 is 7.66. The minimum Gasteiger partial charge on any atom is -0.323 e. The third kappa shape index (κ3) is 4.58. The van der Waals surface area contributed by atoms with E-state index in [4.69, 9.17) is 17.3 Å². The molecular weight excluding hydrogens is 256 g/mol. The summed E-state index contributed by atoms with van der Waals surface area (Å²) in [7, 11) is 0. The molecule has 0 aliphatic carbocycles. The molecule has 0 bridgehead atoms. The summed E-state index contributed by atoms with van der Waals surface area (Å²) in [4.78, 5) is 11.8. The highest BCUT2D eigenvalue weighted by Gasteiger charge is 2.14. The smallest absolute Gasteiger partial charge is 0.241 e. The molecule has 94 valence electrons. The van der Waals surface area contributed by atoms with Crippen LogP contribution in [0.5, 0.6) is 0 Å². The molecule has 0 unspecified atom stereocenters. The molecule has 17 heavy (non-hydrogen) atoms. The van der Waals surface area contributed by atoms with Gasteiger partial charge in [0.1, 0.15) is 0 Å². The molecule has 5 heteroatoms. The Morgan fingerprint density at radius 2 is 2.29 bits per heavy atom. The van der Waals surface area contributed by atoms with Crippen LogP contribution < -0.4 is 11.1 Å². The van der Waals surface area contributed by atoms with E-state index in [1.165, 1.54) is 0 Å². The van der Waals surface area contributed by atoms with Gasteiger partial charge in [0.15, 0.2) is 0 Å². The Labute approximate surface area is 111 Å². The van der Waals surface area contributed by atoms with Gasteiger partial charge in [0, 0.05) is 0 Å². The molecule has 0 saturated heterocycles. The molecule has 1 rings (SSSR count). The number of rotatable bonds is 5. The maximum absolute atomic E-state index is 11.8. The highest BCUT2D eigenvalue weighted by molar-refractivity contribution is 7.98. The average molecular weight is 273 g/mol. The highest BCUT2D eigenvalue weighted by Crippen LogP contribution is 2.22. The summed E-state index contributed by atoms with van der Waals surface area (Å²) < 4.78 is 0. The van der Waals surface area contributed by atoms with Gasteiger partial charge in [0.25, 0.3) is 0 Å². The normalized spacial score (nSPS) is 12.2. The molecule has 0 saturated carbocycles. The number of carbonyl (C=O) groups is 1. The fraction of sp³-hybridized carbons (Fsp3) is 0.417. The van der Waals surface area contributed by atoms with E-state index in [-0.39, 0.29) is 5.91 Å². The molecule has 0 radical (unpaired) electrons. The van der Waals surface area contributed by atoms with E-state index in [9.17, 15) is 4.79 Å². The SMILES string of the molecule is CSCC[C@H](N)C(=O)Nc1cc(C)ccc1Cl. The predicted octanol–water partition coefficient (Wildman–Crippen LogP) is 2.67. The number of thioether (sulfide) groups is 1. The third-order valence-corrected chi connectivity index (χ3v) is 3.32. The van der Waals surface area contributed by atoms with Gasteiger partial charge in [-0.25, -0.2) is 0 Å². The number of anilines is 1. The fourth-order valence-corrected chi connectivity index (χ4v) is 1.99. The van der Waals surface area contributed by atoms with Crippen molar-refractivity contribution in [2.24, 2.45) is 5.73 Å². The number of amides is 1. The number of nitrogens with two attached hydrogens (primary N) is 1. The number of aryl methyl sites for hydroxylation is 1. The Kier molecular flexibility index (Phi) is 5.82. The van der Waals surface area contributed by atoms with Crippen LogP contribution >= 0.6 is 23.4 Å². The lowest BCUT2D eigenvalue weighted by Gasteiger charge is -2.13. The standard InChI is InChI=1S/C12H17ClN2OS/c1-8-3-4-9(13)11(7-8)15-12(16)10(14)5-6-17-2/h3-4,7,10H,5-6,14H2,1-2H3,(H,15,16)/t10-/m0/s1. The van der Waals surface area contributed by atoms with E-state index >= 15 is 0 Å². The lowest BCUT2D eigenvalue weighted by molar-refractivity contribution is -0.117. The maximum atomic E-state index is 11.8. The van der Waals surface area contributed by atoms with Crippen LogP contribution in [0.15, 0.2) is 18.2 Å². The number of hydrogen-bond donors (Lipinski definition) is 2. The second-order valence-electron chi connectivity index (χ2n) is 3.86. The molecule has 1 atom stereocenters. The van der Waals surface area contributed by atoms with Crippen molar-refractivity contribution in [1.29, 1.82) is 0 Å². The second kappa shape index (κ2) is 6.89. The first kappa shape index (κ1) is 14.4. The van der Waals surface area contributed by atoms with Crippen LogP contribution in [0.25, 0.3) is 0 Å². The summed E-state index contributed by atoms with van der Waals surface area (Å²) in [6.07, 6.45) is 2.65. The van der Waals surface area contributed by atoms with E-state index in [1.807, 2.05) is 25.3 Å². The van der Waals surface area contributed by atoms with Crippen LogP contribution in [0, 0.1) is 6.92 Å². The van der Waals surface area contributed by atoms with E-state index in [1.54, 1.807) is 17.8 Å². The first-order valence-electron chi connectivity index (χ1n) is 5.36. The molecule has 1 aromatic rings. The monoisotopic (exact) mass is 272 g/mol. The van der Waals surface area contributed by atoms with Crippen LogP contribution in [0.1, 0.15) is 12.0 Å². The molecule has 0 heterocycles. The van der Waals surface area contributed by atoms with Gasteiger partial charge in [0.05, 0.1) is 16.8 Å². The molecule has 0 aliphatic rings. The van der Waals surface area contributed by atoms with E-state index in [2.05, 4.69) is 5.32 Å². The minimum atomic E-state index is -0.487. The largest absolute Gasteiger partial charge is 0.323 e. The first-order valence-corrected chi connectivity index (χ1v) is 7.13. The predicted molar refractivity (Wildman–Crippen MR) is 75.8 cm³/mol. The summed E-state index contributed by atoms with van der Waals surface area (Å²) in [5, 5.41) is 3.28. The molecule has 3 N–H and O–H groups in total. The number of benzene rings is 1. The Balaban J connectivity index is 2.64. The number of hydrogen-bond acceptors (Lipinski definition) is 3. The van der Waals surface area contributed by atoms with Gasteiger partial charge in [-0.1, -0.05) is 17.7 Å². The lowest BCUT2D eigenvalue weighted by atomic mass is 10.2. The summed E-state index contributed by atoms with van der Waals surface area (Å²) in [5.74, 6) is 0.683. The zero-order valence-electron chi connectivity index (χ0n) is 10.00. The van der Waals surface area contributed by atoms with Crippen molar-refractivity contribution >= 4 is 35.0 Å². The van der Waals surface area contributed by atoms with Crippen LogP contribution in [-0.2, 0) is 4.79 Å². The Morgan fingerprint density at radius 3 is 2.94 bits per heavy atom. The van der Waals surface area contributed by atoms with Gasteiger partial charge >= 0.3 is 0 Å². The summed E-state index contributed by atoms with van der Waals surface area (Å²) in [6, 6.07) is 5.01. The van der Waals surface area contributed by atoms with E-state index < -0.39 is 6.04 Å². The Morgan fingerprint density at radius 1 is 1.59 bits per heavy atom. The van der Waals surface area contributed by atoms with Crippen molar-refractivity contribution in [1.82, 2.24) is 0 Å². The van der Waals surface area contributed by atoms with Crippen molar-refractivity contribution in [2.45, 2.75) is 19.4 Å². The lowest BCUT2D eigenvalue weighted by Crippen LogP contribution is -2.36. The van der Waals surface area contributed by atoms with Gasteiger partial charge in [-0.2, -0.15) is 11.8 Å². The van der Waals surface area contributed by atoms with Crippen molar-refractivity contribution in [3.05, 3.63) is 28.8 Å². The molecule has 1 amide bonds. The molecule has 1 aromatic carbocycles.